The molecule has 1 rings (SSSR count). The third kappa shape index (κ3) is 3.55. The molecule has 0 aliphatic rings. The molecule has 21 heavy (non-hydrogen) atoms. The molecular formula is C12H11F6IO2. The molecule has 0 aliphatic carbocycles. The number of alkyl halides is 6. The Bertz CT molecular complexity index is 495. The molecule has 0 spiro atoms. The zero-order valence-corrected chi connectivity index (χ0v) is 13.0. The van der Waals surface area contributed by atoms with E-state index in [2.05, 4.69) is 0 Å². The van der Waals surface area contributed by atoms with Crippen molar-refractivity contribution in [2.45, 2.75) is 37.9 Å². The summed E-state index contributed by atoms with van der Waals surface area (Å²) in [6, 6.07) is 2.16. The highest BCUT2D eigenvalue weighted by molar-refractivity contribution is 14.1. The molecule has 1 aromatic carbocycles. The first-order valence-electron chi connectivity index (χ1n) is 5.63. The Balaban J connectivity index is 3.48. The van der Waals surface area contributed by atoms with E-state index in [1.165, 1.54) is 0 Å². The van der Waals surface area contributed by atoms with Gasteiger partial charge in [0.1, 0.15) is 5.75 Å². The van der Waals surface area contributed by atoms with E-state index in [9.17, 15) is 31.4 Å². The van der Waals surface area contributed by atoms with E-state index in [1.54, 1.807) is 36.4 Å². The first-order chi connectivity index (χ1) is 9.30. The van der Waals surface area contributed by atoms with E-state index in [4.69, 9.17) is 4.74 Å². The average molecular weight is 428 g/mol. The molecule has 2 nitrogen and oxygen atoms in total. The Morgan fingerprint density at radius 2 is 1.52 bits per heavy atom. The first kappa shape index (κ1) is 18.3. The van der Waals surface area contributed by atoms with Crippen molar-refractivity contribution in [2.24, 2.45) is 0 Å². The van der Waals surface area contributed by atoms with Gasteiger partial charge in [0.05, 0.1) is 9.67 Å². The van der Waals surface area contributed by atoms with Gasteiger partial charge in [0, 0.05) is 5.56 Å². The minimum absolute atomic E-state index is 0.157. The number of ether oxygens (including phenoxy) is 1. The summed E-state index contributed by atoms with van der Waals surface area (Å²) in [7, 11) is 0. The minimum Gasteiger partial charge on any atom is -0.490 e. The quantitative estimate of drug-likeness (QED) is 0.572. The van der Waals surface area contributed by atoms with Crippen LogP contribution in [0.15, 0.2) is 18.2 Å². The van der Waals surface area contributed by atoms with Gasteiger partial charge >= 0.3 is 12.4 Å². The predicted molar refractivity (Wildman–Crippen MR) is 70.9 cm³/mol. The largest absolute Gasteiger partial charge is 0.490 e. The monoisotopic (exact) mass is 428 g/mol. The molecule has 0 atom stereocenters. The molecule has 0 saturated heterocycles. The lowest BCUT2D eigenvalue weighted by molar-refractivity contribution is -0.376. The third-order valence-corrected chi connectivity index (χ3v) is 3.42. The number of hydrogen-bond donors (Lipinski definition) is 1. The predicted octanol–water partition coefficient (Wildman–Crippen LogP) is 4.39. The van der Waals surface area contributed by atoms with E-state index in [1.807, 2.05) is 0 Å². The molecule has 0 heterocycles. The molecule has 9 heteroatoms. The van der Waals surface area contributed by atoms with Crippen molar-refractivity contribution < 1.29 is 36.2 Å². The molecular weight excluding hydrogens is 417 g/mol. The van der Waals surface area contributed by atoms with Crippen LogP contribution in [0.2, 0.25) is 0 Å². The van der Waals surface area contributed by atoms with E-state index in [0.29, 0.717) is 15.7 Å². The Morgan fingerprint density at radius 1 is 1.05 bits per heavy atom. The smallest absolute Gasteiger partial charge is 0.430 e. The molecule has 1 aromatic rings. The van der Waals surface area contributed by atoms with Gasteiger partial charge in [0.2, 0.25) is 0 Å². The van der Waals surface area contributed by atoms with Crippen LogP contribution in [0.25, 0.3) is 0 Å². The maximum Gasteiger partial charge on any atom is 0.430 e. The summed E-state index contributed by atoms with van der Waals surface area (Å²) in [4.78, 5) is 0. The van der Waals surface area contributed by atoms with Gasteiger partial charge in [-0.3, -0.25) is 0 Å². The molecule has 0 saturated carbocycles. The van der Waals surface area contributed by atoms with E-state index >= 15 is 0 Å². The maximum absolute atomic E-state index is 12.8. The highest BCUT2D eigenvalue weighted by atomic mass is 127. The van der Waals surface area contributed by atoms with Crippen LogP contribution in [-0.2, 0) is 5.60 Å². The third-order valence-electron chi connectivity index (χ3n) is 2.53. The fourth-order valence-corrected chi connectivity index (χ4v) is 2.02. The summed E-state index contributed by atoms with van der Waals surface area (Å²) in [5.74, 6) is -0.157. The highest BCUT2D eigenvalue weighted by Gasteiger charge is 2.71. The van der Waals surface area contributed by atoms with Crippen LogP contribution in [-0.4, -0.2) is 23.6 Å². The van der Waals surface area contributed by atoms with Gasteiger partial charge in [0.15, 0.2) is 0 Å². The van der Waals surface area contributed by atoms with Gasteiger partial charge in [-0.15, -0.1) is 0 Å². The normalized spacial score (nSPS) is 13.7. The summed E-state index contributed by atoms with van der Waals surface area (Å²) < 4.78 is 82.1. The zero-order chi connectivity index (χ0) is 16.6. The lowest BCUT2D eigenvalue weighted by Gasteiger charge is -2.33. The van der Waals surface area contributed by atoms with Crippen molar-refractivity contribution in [3.8, 4) is 5.75 Å². The summed E-state index contributed by atoms with van der Waals surface area (Å²) in [6.07, 6.45) is -12.3. The fraction of sp³-hybridized carbons (Fsp3) is 0.500. The minimum atomic E-state index is -5.91. The average Bonchev–Trinajstić information content (AvgIpc) is 2.27. The Kier molecular flexibility index (Phi) is 5.09. The van der Waals surface area contributed by atoms with E-state index < -0.39 is 29.6 Å². The Labute approximate surface area is 130 Å². The molecule has 0 fully saturated rings. The van der Waals surface area contributed by atoms with Crippen LogP contribution in [0.3, 0.4) is 0 Å². The summed E-state index contributed by atoms with van der Waals surface area (Å²) in [6.45, 7) is 3.14. The molecule has 0 aliphatic heterocycles. The second-order valence-corrected chi connectivity index (χ2v) is 5.68. The summed E-state index contributed by atoms with van der Waals surface area (Å²) >= 11 is 1.71. The summed E-state index contributed by atoms with van der Waals surface area (Å²) in [5, 5.41) is 9.30. The van der Waals surface area contributed by atoms with Gasteiger partial charge in [-0.25, -0.2) is 0 Å². The van der Waals surface area contributed by atoms with Crippen molar-refractivity contribution in [3.63, 3.8) is 0 Å². The van der Waals surface area contributed by atoms with Crippen molar-refractivity contribution in [1.82, 2.24) is 0 Å². The topological polar surface area (TPSA) is 29.5 Å². The second kappa shape index (κ2) is 5.82. The maximum atomic E-state index is 12.8. The van der Waals surface area contributed by atoms with Crippen LogP contribution >= 0.6 is 22.6 Å². The van der Waals surface area contributed by atoms with Gasteiger partial charge in [-0.2, -0.15) is 26.3 Å². The highest BCUT2D eigenvalue weighted by Crippen LogP contribution is 2.50. The molecule has 0 aromatic heterocycles. The van der Waals surface area contributed by atoms with Gasteiger partial charge in [-0.1, -0.05) is 6.07 Å². The number of benzene rings is 1. The van der Waals surface area contributed by atoms with Crippen LogP contribution in [0, 0.1) is 3.57 Å². The van der Waals surface area contributed by atoms with Crippen molar-refractivity contribution in [1.29, 1.82) is 0 Å². The van der Waals surface area contributed by atoms with Crippen molar-refractivity contribution in [3.05, 3.63) is 27.3 Å². The van der Waals surface area contributed by atoms with Crippen molar-refractivity contribution in [2.75, 3.05) is 0 Å². The first-order valence-corrected chi connectivity index (χ1v) is 6.71. The Morgan fingerprint density at radius 3 is 1.90 bits per heavy atom. The van der Waals surface area contributed by atoms with E-state index in [0.717, 1.165) is 6.07 Å². The lowest BCUT2D eigenvalue weighted by atomic mass is 9.92. The van der Waals surface area contributed by atoms with Crippen LogP contribution < -0.4 is 4.74 Å². The van der Waals surface area contributed by atoms with Gasteiger partial charge in [0.25, 0.3) is 5.60 Å². The molecule has 0 bridgehead atoms. The van der Waals surface area contributed by atoms with Crippen LogP contribution in [0.1, 0.15) is 19.4 Å². The Hall–Kier alpha value is -0.710. The zero-order valence-electron chi connectivity index (χ0n) is 10.8. The summed E-state index contributed by atoms with van der Waals surface area (Å²) in [5.41, 5.74) is -6.28. The lowest BCUT2D eigenvalue weighted by Crippen LogP contribution is -2.53. The molecule has 120 valence electrons. The van der Waals surface area contributed by atoms with Gasteiger partial charge < -0.3 is 9.84 Å². The SMILES string of the molecule is CC(C)Oc1cc(C(O)(C(F)(F)F)C(F)(F)F)ccc1I. The molecule has 0 amide bonds. The fourth-order valence-electron chi connectivity index (χ4n) is 1.56. The van der Waals surface area contributed by atoms with Crippen LogP contribution in [0.4, 0.5) is 26.3 Å². The standard InChI is InChI=1S/C12H11F6IO2/c1-6(2)21-9-5-7(3-4-8(9)19)10(20,11(13,14)15)12(16,17)18/h3-6,20H,1-2H3. The molecule has 1 N–H and O–H groups in total. The number of aliphatic hydroxyl groups is 1. The molecule has 0 radical (unpaired) electrons. The second-order valence-electron chi connectivity index (χ2n) is 4.52. The van der Waals surface area contributed by atoms with Crippen LogP contribution in [0.5, 0.6) is 5.75 Å². The number of hydrogen-bond acceptors (Lipinski definition) is 2. The molecule has 0 unspecified atom stereocenters. The van der Waals surface area contributed by atoms with Crippen molar-refractivity contribution >= 4 is 22.6 Å². The number of halogens is 7. The number of rotatable bonds is 3. The van der Waals surface area contributed by atoms with E-state index in [-0.39, 0.29) is 5.75 Å². The van der Waals surface area contributed by atoms with Gasteiger partial charge in [-0.05, 0) is 48.6 Å².